The van der Waals surface area contributed by atoms with E-state index in [1.807, 2.05) is 0 Å². The van der Waals surface area contributed by atoms with E-state index in [9.17, 15) is 13.9 Å². The van der Waals surface area contributed by atoms with E-state index in [0.29, 0.717) is 10.0 Å². The quantitative estimate of drug-likeness (QED) is 0.894. The summed E-state index contributed by atoms with van der Waals surface area (Å²) in [4.78, 5) is 0. The van der Waals surface area contributed by atoms with E-state index in [2.05, 4.69) is 15.9 Å². The van der Waals surface area contributed by atoms with Gasteiger partial charge >= 0.3 is 0 Å². The molecule has 88 valence electrons. The van der Waals surface area contributed by atoms with Crippen LogP contribution in [-0.2, 0) is 0 Å². The monoisotopic (exact) mass is 298 g/mol. The van der Waals surface area contributed by atoms with Crippen LogP contribution in [0.15, 0.2) is 46.9 Å². The second kappa shape index (κ2) is 4.94. The van der Waals surface area contributed by atoms with Crippen molar-refractivity contribution in [1.29, 1.82) is 0 Å². The molecule has 0 aliphatic heterocycles. The lowest BCUT2D eigenvalue weighted by molar-refractivity contribution is 0.214. The molecular formula is C13H9BrF2O. The lowest BCUT2D eigenvalue weighted by Crippen LogP contribution is -2.02. The first-order chi connectivity index (χ1) is 8.09. The van der Waals surface area contributed by atoms with Crippen molar-refractivity contribution in [2.75, 3.05) is 0 Å². The molecule has 1 N–H and O–H groups in total. The number of aliphatic hydroxyl groups is 1. The molecule has 2 aromatic rings. The van der Waals surface area contributed by atoms with Crippen LogP contribution in [0.1, 0.15) is 17.2 Å². The molecule has 0 saturated heterocycles. The second-order valence-corrected chi connectivity index (χ2v) is 4.45. The fraction of sp³-hybridized carbons (Fsp3) is 0.0769. The van der Waals surface area contributed by atoms with Crippen LogP contribution in [0.3, 0.4) is 0 Å². The van der Waals surface area contributed by atoms with Crippen molar-refractivity contribution in [3.8, 4) is 0 Å². The highest BCUT2D eigenvalue weighted by Gasteiger charge is 2.15. The van der Waals surface area contributed by atoms with Crippen molar-refractivity contribution >= 4 is 15.9 Å². The Balaban J connectivity index is 2.40. The Kier molecular flexibility index (Phi) is 3.54. The smallest absolute Gasteiger partial charge is 0.137 e. The Morgan fingerprint density at radius 1 is 1.00 bits per heavy atom. The van der Waals surface area contributed by atoms with Crippen LogP contribution in [-0.4, -0.2) is 5.11 Å². The molecule has 1 nitrogen and oxygen atoms in total. The predicted molar refractivity (Wildman–Crippen MR) is 64.6 cm³/mol. The summed E-state index contributed by atoms with van der Waals surface area (Å²) >= 11 is 3.02. The molecule has 1 atom stereocenters. The van der Waals surface area contributed by atoms with Crippen molar-refractivity contribution in [2.24, 2.45) is 0 Å². The average Bonchev–Trinajstić information content (AvgIpc) is 2.32. The molecule has 0 heterocycles. The Bertz CT molecular complexity index is 543. The first-order valence-electron chi connectivity index (χ1n) is 4.97. The molecule has 0 aliphatic rings. The van der Waals surface area contributed by atoms with E-state index in [4.69, 9.17) is 0 Å². The van der Waals surface area contributed by atoms with Crippen LogP contribution >= 0.6 is 15.9 Å². The maximum atomic E-state index is 13.4. The largest absolute Gasteiger partial charge is 0.384 e. The molecule has 0 bridgehead atoms. The van der Waals surface area contributed by atoms with Crippen LogP contribution in [0.25, 0.3) is 0 Å². The normalized spacial score (nSPS) is 12.5. The van der Waals surface area contributed by atoms with Crippen molar-refractivity contribution in [2.45, 2.75) is 6.10 Å². The third-order valence-corrected chi connectivity index (χ3v) is 3.10. The maximum absolute atomic E-state index is 13.4. The van der Waals surface area contributed by atoms with Gasteiger partial charge in [0.05, 0.1) is 4.47 Å². The van der Waals surface area contributed by atoms with Gasteiger partial charge in [0.15, 0.2) is 0 Å². The van der Waals surface area contributed by atoms with Gasteiger partial charge in [0.2, 0.25) is 0 Å². The van der Waals surface area contributed by atoms with Crippen molar-refractivity contribution < 1.29 is 13.9 Å². The number of hydrogen-bond acceptors (Lipinski definition) is 1. The second-order valence-electron chi connectivity index (χ2n) is 3.60. The van der Waals surface area contributed by atoms with Gasteiger partial charge in [-0.1, -0.05) is 24.3 Å². The van der Waals surface area contributed by atoms with E-state index in [0.717, 1.165) is 0 Å². The van der Waals surface area contributed by atoms with E-state index >= 15 is 0 Å². The van der Waals surface area contributed by atoms with Gasteiger partial charge in [0, 0.05) is 5.56 Å². The van der Waals surface area contributed by atoms with Gasteiger partial charge in [0.25, 0.3) is 0 Å². The standard InChI is InChI=1S/C13H9BrF2O/c14-10-6-5-8(7-12(10)16)13(17)9-3-1-2-4-11(9)15/h1-7,13,17H. The number of hydrogen-bond donors (Lipinski definition) is 1. The highest BCUT2D eigenvalue weighted by Crippen LogP contribution is 2.26. The summed E-state index contributed by atoms with van der Waals surface area (Å²) in [5, 5.41) is 9.97. The summed E-state index contributed by atoms with van der Waals surface area (Å²) in [7, 11) is 0. The molecule has 4 heteroatoms. The molecule has 17 heavy (non-hydrogen) atoms. The summed E-state index contributed by atoms with van der Waals surface area (Å²) in [6.07, 6.45) is -1.17. The molecule has 0 radical (unpaired) electrons. The lowest BCUT2D eigenvalue weighted by atomic mass is 10.0. The molecular weight excluding hydrogens is 290 g/mol. The minimum Gasteiger partial charge on any atom is -0.384 e. The molecule has 0 fully saturated rings. The minimum atomic E-state index is -1.17. The van der Waals surface area contributed by atoms with Crippen molar-refractivity contribution in [3.05, 3.63) is 69.7 Å². The number of benzene rings is 2. The Hall–Kier alpha value is -1.26. The molecule has 1 unspecified atom stereocenters. The number of halogens is 3. The van der Waals surface area contributed by atoms with E-state index < -0.39 is 17.7 Å². The summed E-state index contributed by atoms with van der Waals surface area (Å²) in [5.74, 6) is -0.999. The van der Waals surface area contributed by atoms with Gasteiger partial charge in [0.1, 0.15) is 17.7 Å². The molecule has 0 amide bonds. The fourth-order valence-corrected chi connectivity index (χ4v) is 1.81. The summed E-state index contributed by atoms with van der Waals surface area (Å²) < 4.78 is 27.1. The zero-order valence-corrected chi connectivity index (χ0v) is 10.3. The summed E-state index contributed by atoms with van der Waals surface area (Å²) in [5.41, 5.74) is 0.449. The van der Waals surface area contributed by atoms with Crippen LogP contribution in [0.5, 0.6) is 0 Å². The molecule has 0 aromatic heterocycles. The van der Waals surface area contributed by atoms with Crippen LogP contribution in [0.4, 0.5) is 8.78 Å². The van der Waals surface area contributed by atoms with Crippen molar-refractivity contribution in [3.63, 3.8) is 0 Å². The summed E-state index contributed by atoms with van der Waals surface area (Å²) in [6, 6.07) is 10.1. The van der Waals surface area contributed by atoms with Crippen LogP contribution in [0, 0.1) is 11.6 Å². The first kappa shape index (κ1) is 12.2. The number of rotatable bonds is 2. The lowest BCUT2D eigenvalue weighted by Gasteiger charge is -2.12. The topological polar surface area (TPSA) is 20.2 Å². The van der Waals surface area contributed by atoms with Crippen LogP contribution < -0.4 is 0 Å². The van der Waals surface area contributed by atoms with Gasteiger partial charge in [-0.05, 0) is 39.7 Å². The van der Waals surface area contributed by atoms with Gasteiger partial charge in [-0.25, -0.2) is 8.78 Å². The molecule has 2 rings (SSSR count). The van der Waals surface area contributed by atoms with E-state index in [1.165, 1.54) is 30.3 Å². The fourth-order valence-electron chi connectivity index (χ4n) is 1.56. The van der Waals surface area contributed by atoms with E-state index in [-0.39, 0.29) is 5.56 Å². The third kappa shape index (κ3) is 2.53. The molecule has 0 saturated carbocycles. The third-order valence-electron chi connectivity index (χ3n) is 2.46. The SMILES string of the molecule is OC(c1ccc(Br)c(F)c1)c1ccccc1F. The zero-order chi connectivity index (χ0) is 12.4. The Morgan fingerprint density at radius 2 is 1.71 bits per heavy atom. The molecule has 0 spiro atoms. The Labute approximate surface area is 106 Å². The zero-order valence-electron chi connectivity index (χ0n) is 8.70. The van der Waals surface area contributed by atoms with Gasteiger partial charge in [-0.3, -0.25) is 0 Å². The first-order valence-corrected chi connectivity index (χ1v) is 5.76. The predicted octanol–water partition coefficient (Wildman–Crippen LogP) is 3.81. The summed E-state index contributed by atoms with van der Waals surface area (Å²) in [6.45, 7) is 0. The maximum Gasteiger partial charge on any atom is 0.137 e. The van der Waals surface area contributed by atoms with E-state index in [1.54, 1.807) is 12.1 Å². The van der Waals surface area contributed by atoms with Gasteiger partial charge in [-0.15, -0.1) is 0 Å². The number of aliphatic hydroxyl groups excluding tert-OH is 1. The minimum absolute atomic E-state index is 0.134. The molecule has 0 aliphatic carbocycles. The van der Waals surface area contributed by atoms with Crippen LogP contribution in [0.2, 0.25) is 0 Å². The highest BCUT2D eigenvalue weighted by atomic mass is 79.9. The van der Waals surface area contributed by atoms with Gasteiger partial charge < -0.3 is 5.11 Å². The average molecular weight is 299 g/mol. The Morgan fingerprint density at radius 3 is 2.35 bits per heavy atom. The van der Waals surface area contributed by atoms with Crippen molar-refractivity contribution in [1.82, 2.24) is 0 Å². The highest BCUT2D eigenvalue weighted by molar-refractivity contribution is 9.10. The molecule has 2 aromatic carbocycles. The van der Waals surface area contributed by atoms with Gasteiger partial charge in [-0.2, -0.15) is 0 Å².